The van der Waals surface area contributed by atoms with E-state index in [1.807, 2.05) is 12.1 Å². The molecular weight excluding hydrogens is 268 g/mol. The molecule has 3 aromatic heterocycles. The number of fused-ring (bicyclic) bond motifs is 1. The molecule has 1 aromatic carbocycles. The molecule has 0 unspecified atom stereocenters. The molecular formula is C15H12N4S. The zero-order valence-electron chi connectivity index (χ0n) is 10.8. The van der Waals surface area contributed by atoms with Gasteiger partial charge in [0, 0.05) is 33.7 Å². The Kier molecular flexibility index (Phi) is 2.47. The summed E-state index contributed by atoms with van der Waals surface area (Å²) in [6.45, 7) is 2.09. The Labute approximate surface area is 119 Å². The van der Waals surface area contributed by atoms with Gasteiger partial charge in [-0.1, -0.05) is 18.2 Å². The van der Waals surface area contributed by atoms with E-state index in [9.17, 15) is 0 Å². The van der Waals surface area contributed by atoms with Crippen LogP contribution < -0.4 is 0 Å². The highest BCUT2D eigenvalue weighted by Gasteiger charge is 2.14. The summed E-state index contributed by atoms with van der Waals surface area (Å²) < 4.78 is 0. The first kappa shape index (κ1) is 11.4. The van der Waals surface area contributed by atoms with Crippen LogP contribution in [0.4, 0.5) is 0 Å². The highest BCUT2D eigenvalue weighted by molar-refractivity contribution is 7.13. The van der Waals surface area contributed by atoms with E-state index in [0.29, 0.717) is 0 Å². The lowest BCUT2D eigenvalue weighted by Crippen LogP contribution is -1.81. The molecule has 5 heteroatoms. The number of H-pyrrole nitrogens is 2. The molecule has 0 spiro atoms. The standard InChI is InChI=1S/C15H12N4S/c1-9-14(10-4-2-3-5-11(10)17-9)13-8-20-15(18-13)12-6-7-16-19-12/h2-8,17H,1H3,(H,16,19). The first-order valence-electron chi connectivity index (χ1n) is 6.36. The second kappa shape index (κ2) is 4.31. The van der Waals surface area contributed by atoms with Crippen molar-refractivity contribution >= 4 is 22.2 Å². The van der Waals surface area contributed by atoms with Gasteiger partial charge in [0.05, 0.1) is 11.4 Å². The summed E-state index contributed by atoms with van der Waals surface area (Å²) >= 11 is 1.63. The third-order valence-corrected chi connectivity index (χ3v) is 4.26. The summed E-state index contributed by atoms with van der Waals surface area (Å²) in [6, 6.07) is 10.3. The third kappa shape index (κ3) is 1.67. The molecule has 2 N–H and O–H groups in total. The average molecular weight is 280 g/mol. The van der Waals surface area contributed by atoms with Gasteiger partial charge in [0.15, 0.2) is 0 Å². The van der Waals surface area contributed by atoms with Crippen LogP contribution in [0.15, 0.2) is 41.9 Å². The molecule has 0 amide bonds. The van der Waals surface area contributed by atoms with E-state index in [1.165, 1.54) is 10.9 Å². The van der Waals surface area contributed by atoms with E-state index < -0.39 is 0 Å². The van der Waals surface area contributed by atoms with Gasteiger partial charge in [-0.3, -0.25) is 5.10 Å². The zero-order chi connectivity index (χ0) is 13.5. The number of aryl methyl sites for hydroxylation is 1. The van der Waals surface area contributed by atoms with Crippen molar-refractivity contribution in [2.45, 2.75) is 6.92 Å². The highest BCUT2D eigenvalue weighted by Crippen LogP contribution is 2.34. The lowest BCUT2D eigenvalue weighted by Gasteiger charge is -1.96. The number of hydrogen-bond acceptors (Lipinski definition) is 3. The third-order valence-electron chi connectivity index (χ3n) is 3.39. The predicted octanol–water partition coefficient (Wildman–Crippen LogP) is 3.99. The van der Waals surface area contributed by atoms with Gasteiger partial charge in [0.2, 0.25) is 0 Å². The van der Waals surface area contributed by atoms with Crippen LogP contribution in [0.3, 0.4) is 0 Å². The van der Waals surface area contributed by atoms with Crippen molar-refractivity contribution < 1.29 is 0 Å². The first-order chi connectivity index (χ1) is 9.83. The van der Waals surface area contributed by atoms with E-state index >= 15 is 0 Å². The van der Waals surface area contributed by atoms with Crippen LogP contribution >= 0.6 is 11.3 Å². The molecule has 0 aliphatic carbocycles. The molecule has 4 rings (SSSR count). The fourth-order valence-electron chi connectivity index (χ4n) is 2.49. The number of thiazole rings is 1. The van der Waals surface area contributed by atoms with Crippen LogP contribution in [-0.2, 0) is 0 Å². The number of nitrogens with one attached hydrogen (secondary N) is 2. The smallest absolute Gasteiger partial charge is 0.141 e. The van der Waals surface area contributed by atoms with Crippen molar-refractivity contribution in [3.8, 4) is 22.0 Å². The summed E-state index contributed by atoms with van der Waals surface area (Å²) in [5, 5.41) is 11.2. The quantitative estimate of drug-likeness (QED) is 0.583. The Hall–Kier alpha value is -2.40. The molecule has 98 valence electrons. The largest absolute Gasteiger partial charge is 0.358 e. The van der Waals surface area contributed by atoms with Crippen LogP contribution in [-0.4, -0.2) is 20.2 Å². The fraction of sp³-hybridized carbons (Fsp3) is 0.0667. The van der Waals surface area contributed by atoms with Crippen molar-refractivity contribution in [1.82, 2.24) is 20.2 Å². The molecule has 0 aliphatic rings. The normalized spacial score (nSPS) is 11.2. The molecule has 4 nitrogen and oxygen atoms in total. The molecule has 0 saturated carbocycles. The van der Waals surface area contributed by atoms with Gasteiger partial charge in [-0.15, -0.1) is 11.3 Å². The van der Waals surface area contributed by atoms with Gasteiger partial charge < -0.3 is 4.98 Å². The number of aromatic nitrogens is 4. The Bertz CT molecular complexity index is 870. The van der Waals surface area contributed by atoms with E-state index in [-0.39, 0.29) is 0 Å². The number of benzene rings is 1. The van der Waals surface area contributed by atoms with Crippen LogP contribution in [0, 0.1) is 6.92 Å². The van der Waals surface area contributed by atoms with Gasteiger partial charge in [-0.2, -0.15) is 5.10 Å². The minimum absolute atomic E-state index is 0.957. The van der Waals surface area contributed by atoms with Crippen molar-refractivity contribution in [2.75, 3.05) is 0 Å². The predicted molar refractivity (Wildman–Crippen MR) is 81.7 cm³/mol. The summed E-state index contributed by atoms with van der Waals surface area (Å²) in [7, 11) is 0. The number of nitrogens with zero attached hydrogens (tertiary/aromatic N) is 2. The first-order valence-corrected chi connectivity index (χ1v) is 7.24. The van der Waals surface area contributed by atoms with E-state index in [0.717, 1.165) is 27.6 Å². The molecule has 4 aromatic rings. The summed E-state index contributed by atoms with van der Waals surface area (Å²) in [4.78, 5) is 8.15. The van der Waals surface area contributed by atoms with Crippen LogP contribution in [0.25, 0.3) is 32.9 Å². The molecule has 0 radical (unpaired) electrons. The van der Waals surface area contributed by atoms with Gasteiger partial charge >= 0.3 is 0 Å². The second-order valence-electron chi connectivity index (χ2n) is 4.68. The topological polar surface area (TPSA) is 57.4 Å². The molecule has 0 fully saturated rings. The minimum atomic E-state index is 0.957. The zero-order valence-corrected chi connectivity index (χ0v) is 11.7. The number of hydrogen-bond donors (Lipinski definition) is 2. The Morgan fingerprint density at radius 3 is 2.90 bits per heavy atom. The van der Waals surface area contributed by atoms with Crippen LogP contribution in [0.2, 0.25) is 0 Å². The van der Waals surface area contributed by atoms with Crippen molar-refractivity contribution in [3.63, 3.8) is 0 Å². The maximum Gasteiger partial charge on any atom is 0.141 e. The molecule has 0 saturated heterocycles. The highest BCUT2D eigenvalue weighted by atomic mass is 32.1. The van der Waals surface area contributed by atoms with Gasteiger partial charge in [-0.05, 0) is 19.1 Å². The number of rotatable bonds is 2. The molecule has 0 atom stereocenters. The van der Waals surface area contributed by atoms with Crippen molar-refractivity contribution in [3.05, 3.63) is 47.6 Å². The van der Waals surface area contributed by atoms with E-state index in [2.05, 4.69) is 45.7 Å². The maximum absolute atomic E-state index is 4.73. The summed E-state index contributed by atoms with van der Waals surface area (Å²) in [5.41, 5.74) is 5.44. The van der Waals surface area contributed by atoms with Crippen LogP contribution in [0.5, 0.6) is 0 Å². The van der Waals surface area contributed by atoms with Crippen LogP contribution in [0.1, 0.15) is 5.69 Å². The van der Waals surface area contributed by atoms with Gasteiger partial charge in [0.1, 0.15) is 5.01 Å². The fourth-order valence-corrected chi connectivity index (χ4v) is 3.28. The lowest BCUT2D eigenvalue weighted by molar-refractivity contribution is 1.09. The molecule has 3 heterocycles. The summed E-state index contributed by atoms with van der Waals surface area (Å²) in [6.07, 6.45) is 1.74. The SMILES string of the molecule is Cc1[nH]c2ccccc2c1-c1csc(-c2ccn[nH]2)n1. The van der Waals surface area contributed by atoms with Crippen molar-refractivity contribution in [2.24, 2.45) is 0 Å². The van der Waals surface area contributed by atoms with Gasteiger partial charge in [-0.25, -0.2) is 4.98 Å². The summed E-state index contributed by atoms with van der Waals surface area (Å²) in [5.74, 6) is 0. The molecule has 20 heavy (non-hydrogen) atoms. The van der Waals surface area contributed by atoms with Gasteiger partial charge in [0.25, 0.3) is 0 Å². The lowest BCUT2D eigenvalue weighted by atomic mass is 10.1. The Morgan fingerprint density at radius 1 is 1.15 bits per heavy atom. The van der Waals surface area contributed by atoms with Crippen molar-refractivity contribution in [1.29, 1.82) is 0 Å². The van der Waals surface area contributed by atoms with E-state index in [4.69, 9.17) is 4.98 Å². The second-order valence-corrected chi connectivity index (χ2v) is 5.54. The number of aromatic amines is 2. The number of para-hydroxylation sites is 1. The maximum atomic E-state index is 4.73. The average Bonchev–Trinajstić information content (AvgIpc) is 3.16. The van der Waals surface area contributed by atoms with E-state index in [1.54, 1.807) is 17.5 Å². The monoisotopic (exact) mass is 280 g/mol. The molecule has 0 aliphatic heterocycles. The Balaban J connectivity index is 1.90. The molecule has 0 bridgehead atoms. The minimum Gasteiger partial charge on any atom is -0.358 e. The Morgan fingerprint density at radius 2 is 2.05 bits per heavy atom.